The Hall–Kier alpha value is -1.59. The maximum atomic E-state index is 11.9. The summed E-state index contributed by atoms with van der Waals surface area (Å²) in [5.74, 6) is -0.0238. The fourth-order valence-corrected chi connectivity index (χ4v) is 3.03. The van der Waals surface area contributed by atoms with E-state index in [1.165, 1.54) is 11.3 Å². The maximum Gasteiger partial charge on any atom is 0.288 e. The first-order valence-electron chi connectivity index (χ1n) is 5.42. The van der Waals surface area contributed by atoms with Crippen LogP contribution in [0.5, 0.6) is 5.88 Å². The van der Waals surface area contributed by atoms with Gasteiger partial charge in [0.2, 0.25) is 0 Å². The Morgan fingerprint density at radius 2 is 2.39 bits per heavy atom. The van der Waals surface area contributed by atoms with Gasteiger partial charge >= 0.3 is 0 Å². The summed E-state index contributed by atoms with van der Waals surface area (Å²) in [4.78, 5) is 5.04. The van der Waals surface area contributed by atoms with Crippen LogP contribution in [0.15, 0.2) is 30.7 Å². The number of hydrogen-bond donors (Lipinski definition) is 0. The Morgan fingerprint density at radius 1 is 1.56 bits per heavy atom. The van der Waals surface area contributed by atoms with Gasteiger partial charge in [0.25, 0.3) is 5.65 Å². The van der Waals surface area contributed by atoms with Crippen molar-refractivity contribution < 1.29 is 9.67 Å². The normalized spacial score (nSPS) is 11.2. The van der Waals surface area contributed by atoms with Crippen LogP contribution >= 0.6 is 22.9 Å². The molecule has 3 heterocycles. The van der Waals surface area contributed by atoms with Crippen molar-refractivity contribution in [2.75, 3.05) is 0 Å². The van der Waals surface area contributed by atoms with Crippen LogP contribution in [0.4, 0.5) is 0 Å². The van der Waals surface area contributed by atoms with Gasteiger partial charge in [-0.25, -0.2) is 14.0 Å². The molecule has 3 aromatic rings. The number of thiazole rings is 1. The van der Waals surface area contributed by atoms with Gasteiger partial charge in [0.1, 0.15) is 18.6 Å². The van der Waals surface area contributed by atoms with Crippen molar-refractivity contribution in [2.24, 2.45) is 0 Å². The largest absolute Gasteiger partial charge is 0.839 e. The third-order valence-electron chi connectivity index (χ3n) is 2.79. The molecular weight excluding hydrogens is 270 g/mol. The van der Waals surface area contributed by atoms with Gasteiger partial charge in [0.05, 0.1) is 11.1 Å². The van der Waals surface area contributed by atoms with Crippen molar-refractivity contribution in [2.45, 2.75) is 13.5 Å². The second-order valence-corrected chi connectivity index (χ2v) is 5.76. The highest BCUT2D eigenvalue weighted by Gasteiger charge is 2.15. The van der Waals surface area contributed by atoms with Gasteiger partial charge in [-0.2, -0.15) is 0 Å². The van der Waals surface area contributed by atoms with Gasteiger partial charge in [-0.15, -0.1) is 11.3 Å². The van der Waals surface area contributed by atoms with Gasteiger partial charge < -0.3 is 5.11 Å². The van der Waals surface area contributed by atoms with Crippen LogP contribution < -0.4 is 9.67 Å². The molecule has 0 bridgehead atoms. The summed E-state index contributed by atoms with van der Waals surface area (Å²) in [6.45, 7) is 2.60. The lowest BCUT2D eigenvalue weighted by Gasteiger charge is -1.98. The highest BCUT2D eigenvalue weighted by molar-refractivity contribution is 7.15. The van der Waals surface area contributed by atoms with E-state index in [1.54, 1.807) is 23.0 Å². The van der Waals surface area contributed by atoms with E-state index in [2.05, 4.69) is 4.98 Å². The summed E-state index contributed by atoms with van der Waals surface area (Å²) in [6, 6.07) is 3.86. The summed E-state index contributed by atoms with van der Waals surface area (Å²) in [6.07, 6.45) is 5.13. The zero-order chi connectivity index (χ0) is 12.7. The smallest absolute Gasteiger partial charge is 0.288 e. The van der Waals surface area contributed by atoms with Crippen LogP contribution in [0.1, 0.15) is 10.4 Å². The molecule has 0 radical (unpaired) electrons. The van der Waals surface area contributed by atoms with E-state index in [-0.39, 0.29) is 5.88 Å². The number of nitrogens with zero attached hydrogens (tertiary/aromatic N) is 3. The zero-order valence-electron chi connectivity index (χ0n) is 9.63. The minimum absolute atomic E-state index is 0.0238. The standard InChI is InChI=1S/C12H10ClN3OS/c1-8-3-2-4-16-10(17)7-15(11(8)16)6-9-5-14-12(13)18-9/h2-5,7H,6H2,1H3. The Bertz CT molecular complexity index is 719. The molecule has 0 atom stereocenters. The minimum atomic E-state index is -0.0238. The molecule has 0 spiro atoms. The average molecular weight is 280 g/mol. The lowest BCUT2D eigenvalue weighted by Crippen LogP contribution is -2.33. The van der Waals surface area contributed by atoms with Crippen LogP contribution in [0.3, 0.4) is 0 Å². The molecule has 0 aromatic carbocycles. The summed E-state index contributed by atoms with van der Waals surface area (Å²) in [5, 5.41) is 11.9. The number of aryl methyl sites for hydroxylation is 1. The molecule has 0 aliphatic heterocycles. The molecule has 3 aromatic heterocycles. The van der Waals surface area contributed by atoms with E-state index >= 15 is 0 Å². The maximum absolute atomic E-state index is 11.9. The number of fused-ring (bicyclic) bond motifs is 1. The molecule has 4 nitrogen and oxygen atoms in total. The summed E-state index contributed by atoms with van der Waals surface area (Å²) in [5.41, 5.74) is 1.97. The molecular formula is C12H10ClN3OS. The van der Waals surface area contributed by atoms with Crippen molar-refractivity contribution in [3.8, 4) is 5.88 Å². The number of aromatic nitrogens is 3. The zero-order valence-corrected chi connectivity index (χ0v) is 11.2. The molecule has 18 heavy (non-hydrogen) atoms. The summed E-state index contributed by atoms with van der Waals surface area (Å²) in [7, 11) is 0. The summed E-state index contributed by atoms with van der Waals surface area (Å²) < 4.78 is 4.10. The van der Waals surface area contributed by atoms with Gasteiger partial charge in [0.15, 0.2) is 4.47 Å². The van der Waals surface area contributed by atoms with E-state index in [0.29, 0.717) is 11.0 Å². The molecule has 6 heteroatoms. The van der Waals surface area contributed by atoms with E-state index in [1.807, 2.05) is 23.6 Å². The Labute approximate surface area is 113 Å². The van der Waals surface area contributed by atoms with Gasteiger partial charge in [-0.3, -0.25) is 0 Å². The van der Waals surface area contributed by atoms with Gasteiger partial charge in [-0.05, 0) is 19.1 Å². The Morgan fingerprint density at radius 3 is 3.11 bits per heavy atom. The van der Waals surface area contributed by atoms with Crippen LogP contribution in [-0.4, -0.2) is 9.38 Å². The molecule has 0 fully saturated rings. The predicted molar refractivity (Wildman–Crippen MR) is 68.0 cm³/mol. The Kier molecular flexibility index (Phi) is 2.72. The number of hydrogen-bond acceptors (Lipinski definition) is 3. The minimum Gasteiger partial charge on any atom is -0.839 e. The second kappa shape index (κ2) is 4.26. The lowest BCUT2D eigenvalue weighted by atomic mass is 10.3. The molecule has 92 valence electrons. The number of imidazole rings is 1. The first kappa shape index (κ1) is 11.5. The topological polar surface area (TPSA) is 44.2 Å². The lowest BCUT2D eigenvalue weighted by molar-refractivity contribution is -0.663. The fraction of sp³-hybridized carbons (Fsp3) is 0.167. The molecule has 0 saturated carbocycles. The van der Waals surface area contributed by atoms with Crippen molar-refractivity contribution >= 4 is 28.6 Å². The van der Waals surface area contributed by atoms with Crippen molar-refractivity contribution in [1.29, 1.82) is 0 Å². The third kappa shape index (κ3) is 1.85. The third-order valence-corrected chi connectivity index (χ3v) is 3.89. The molecule has 0 aliphatic carbocycles. The molecule has 3 rings (SSSR count). The predicted octanol–water partition coefficient (Wildman–Crippen LogP) is 1.77. The molecule has 0 saturated heterocycles. The number of pyridine rings is 1. The number of rotatable bonds is 2. The first-order valence-corrected chi connectivity index (χ1v) is 6.62. The van der Waals surface area contributed by atoms with E-state index in [4.69, 9.17) is 11.6 Å². The first-order chi connectivity index (χ1) is 8.65. The fourth-order valence-electron chi connectivity index (χ4n) is 2.05. The highest BCUT2D eigenvalue weighted by atomic mass is 35.5. The van der Waals surface area contributed by atoms with E-state index in [0.717, 1.165) is 16.1 Å². The van der Waals surface area contributed by atoms with E-state index in [9.17, 15) is 5.11 Å². The SMILES string of the molecule is Cc1cccn2c([O-])c[n+](Cc3cnc(Cl)s3)c12. The van der Waals surface area contributed by atoms with E-state index < -0.39 is 0 Å². The number of halogens is 1. The van der Waals surface area contributed by atoms with Gasteiger partial charge in [-0.1, -0.05) is 11.6 Å². The van der Waals surface area contributed by atoms with Crippen molar-refractivity contribution in [1.82, 2.24) is 9.38 Å². The average Bonchev–Trinajstić information content (AvgIpc) is 2.86. The van der Waals surface area contributed by atoms with Crippen LogP contribution in [0.2, 0.25) is 4.47 Å². The molecule has 0 unspecified atom stereocenters. The molecule has 0 N–H and O–H groups in total. The highest BCUT2D eigenvalue weighted by Crippen LogP contribution is 2.19. The monoisotopic (exact) mass is 279 g/mol. The van der Waals surface area contributed by atoms with Gasteiger partial charge in [0, 0.05) is 11.8 Å². The Balaban J connectivity index is 2.12. The second-order valence-electron chi connectivity index (χ2n) is 4.06. The van der Waals surface area contributed by atoms with Crippen molar-refractivity contribution in [3.63, 3.8) is 0 Å². The van der Waals surface area contributed by atoms with Crippen LogP contribution in [0, 0.1) is 6.92 Å². The molecule has 0 aliphatic rings. The molecule has 0 amide bonds. The van der Waals surface area contributed by atoms with Crippen molar-refractivity contribution in [3.05, 3.63) is 45.6 Å². The van der Waals surface area contributed by atoms with Crippen LogP contribution in [0.25, 0.3) is 5.65 Å². The summed E-state index contributed by atoms with van der Waals surface area (Å²) >= 11 is 7.24. The quantitative estimate of drug-likeness (QED) is 0.671. The van der Waals surface area contributed by atoms with Crippen LogP contribution in [-0.2, 0) is 6.54 Å².